The third-order valence-corrected chi connectivity index (χ3v) is 3.34. The first kappa shape index (κ1) is 18.3. The zero-order valence-electron chi connectivity index (χ0n) is 13.3. The molecule has 0 aliphatic rings. The van der Waals surface area contributed by atoms with E-state index in [2.05, 4.69) is 5.32 Å². The first-order valence-corrected chi connectivity index (χ1v) is 6.81. The number of benzene rings is 1. The molecule has 0 fully saturated rings. The summed E-state index contributed by atoms with van der Waals surface area (Å²) in [6, 6.07) is 3.55. The van der Waals surface area contributed by atoms with Crippen LogP contribution in [0.15, 0.2) is 18.2 Å². The van der Waals surface area contributed by atoms with Crippen molar-refractivity contribution in [3.63, 3.8) is 0 Å². The topological polar surface area (TPSA) is 136 Å². The smallest absolute Gasteiger partial charge is 0.309 e. The van der Waals surface area contributed by atoms with Gasteiger partial charge in [-0.05, 0) is 40.2 Å². The Balaban J connectivity index is 3.28. The molecule has 0 saturated heterocycles. The van der Waals surface area contributed by atoms with Gasteiger partial charge in [-0.2, -0.15) is 0 Å². The Morgan fingerprint density at radius 3 is 1.91 bits per heavy atom. The monoisotopic (exact) mass is 325 g/mol. The van der Waals surface area contributed by atoms with Crippen molar-refractivity contribution < 1.29 is 19.7 Å². The van der Waals surface area contributed by atoms with Crippen LogP contribution in [0.1, 0.15) is 34.1 Å². The van der Waals surface area contributed by atoms with Crippen LogP contribution >= 0.6 is 0 Å². The highest BCUT2D eigenvalue weighted by molar-refractivity contribution is 5.76. The summed E-state index contributed by atoms with van der Waals surface area (Å²) in [5, 5.41) is 34.2. The number of hydrogen-bond acceptors (Lipinski definition) is 6. The highest BCUT2D eigenvalue weighted by Gasteiger charge is 2.37. The maximum atomic E-state index is 11.3. The summed E-state index contributed by atoms with van der Waals surface area (Å²) < 4.78 is 0. The first-order chi connectivity index (χ1) is 10.4. The van der Waals surface area contributed by atoms with E-state index in [9.17, 15) is 30.1 Å². The van der Waals surface area contributed by atoms with Crippen LogP contribution in [0, 0.1) is 25.6 Å². The molecule has 0 spiro atoms. The minimum Gasteiger partial charge on any atom is -0.481 e. The fourth-order valence-corrected chi connectivity index (χ4v) is 2.52. The molecule has 0 unspecified atom stereocenters. The van der Waals surface area contributed by atoms with Crippen molar-refractivity contribution in [1.82, 2.24) is 0 Å². The summed E-state index contributed by atoms with van der Waals surface area (Å²) in [4.78, 5) is 32.1. The lowest BCUT2D eigenvalue weighted by Gasteiger charge is -2.33. The van der Waals surface area contributed by atoms with Crippen molar-refractivity contribution in [2.75, 3.05) is 5.32 Å². The lowest BCUT2D eigenvalue weighted by molar-refractivity contribution is -0.392. The molecule has 126 valence electrons. The van der Waals surface area contributed by atoms with Crippen molar-refractivity contribution in [2.45, 2.75) is 39.7 Å². The van der Waals surface area contributed by atoms with Gasteiger partial charge in [0.2, 0.25) is 0 Å². The fraction of sp³-hybridized carbons (Fsp3) is 0.500. The second kappa shape index (κ2) is 6.19. The van der Waals surface area contributed by atoms with Gasteiger partial charge in [-0.1, -0.05) is 0 Å². The van der Waals surface area contributed by atoms with Crippen LogP contribution in [0.4, 0.5) is 17.1 Å². The summed E-state index contributed by atoms with van der Waals surface area (Å²) >= 11 is 0. The molecule has 0 aliphatic heterocycles. The van der Waals surface area contributed by atoms with Crippen LogP contribution in [-0.2, 0) is 4.79 Å². The van der Waals surface area contributed by atoms with E-state index in [1.165, 1.54) is 19.9 Å². The van der Waals surface area contributed by atoms with Gasteiger partial charge in [0.15, 0.2) is 5.69 Å². The normalized spacial score (nSPS) is 11.8. The summed E-state index contributed by atoms with van der Waals surface area (Å²) in [5.74, 6) is -1.02. The minimum atomic E-state index is -1.10. The summed E-state index contributed by atoms with van der Waals surface area (Å²) in [6.45, 7) is 6.31. The molecular formula is C14H19N3O6. The first-order valence-electron chi connectivity index (χ1n) is 6.81. The summed E-state index contributed by atoms with van der Waals surface area (Å²) in [7, 11) is 0. The van der Waals surface area contributed by atoms with Gasteiger partial charge in [0.05, 0.1) is 15.3 Å². The standard InChI is InChI=1S/C14H19N3O6/c1-13(2,12(18)19)8-14(3,4)15-11-9(16(20)21)6-5-7-10(11)17(22)23/h5-7,15H,8H2,1-4H3,(H,18,19). The molecule has 0 amide bonds. The Bertz CT molecular complexity index is 622. The number of carboxylic acids is 1. The van der Waals surface area contributed by atoms with E-state index in [0.29, 0.717) is 0 Å². The number of hydrogen-bond donors (Lipinski definition) is 2. The average molecular weight is 325 g/mol. The van der Waals surface area contributed by atoms with Crippen molar-refractivity contribution in [3.8, 4) is 0 Å². The number of nitrogens with one attached hydrogen (secondary N) is 1. The number of nitro benzene ring substituents is 2. The Kier molecular flexibility index (Phi) is 4.93. The number of rotatable bonds is 7. The third kappa shape index (κ3) is 4.38. The van der Waals surface area contributed by atoms with Crippen LogP contribution in [-0.4, -0.2) is 26.5 Å². The van der Waals surface area contributed by atoms with Gasteiger partial charge in [-0.3, -0.25) is 25.0 Å². The number of carboxylic acid groups (broad SMARTS) is 1. The van der Waals surface area contributed by atoms with Crippen LogP contribution in [0.3, 0.4) is 0 Å². The van der Waals surface area contributed by atoms with E-state index in [0.717, 1.165) is 12.1 Å². The lowest BCUT2D eigenvalue weighted by atomic mass is 9.80. The van der Waals surface area contributed by atoms with Crippen LogP contribution in [0.2, 0.25) is 0 Å². The SMILES string of the molecule is CC(C)(CC(C)(C)C(=O)O)Nc1c([N+](=O)[O-])cccc1[N+](=O)[O-]. The molecule has 0 heterocycles. The number of nitrogens with zero attached hydrogens (tertiary/aromatic N) is 2. The molecule has 1 rings (SSSR count). The molecule has 2 N–H and O–H groups in total. The summed E-state index contributed by atoms with van der Waals surface area (Å²) in [6.07, 6.45) is 0.110. The zero-order valence-corrected chi connectivity index (χ0v) is 13.3. The van der Waals surface area contributed by atoms with E-state index < -0.39 is 38.1 Å². The number of aliphatic carboxylic acids is 1. The number of carbonyl (C=O) groups is 1. The van der Waals surface area contributed by atoms with Crippen molar-refractivity contribution in [3.05, 3.63) is 38.4 Å². The molecule has 9 heteroatoms. The summed E-state index contributed by atoms with van der Waals surface area (Å²) in [5.41, 5.74) is -3.11. The van der Waals surface area contributed by atoms with E-state index in [4.69, 9.17) is 0 Å². The highest BCUT2D eigenvalue weighted by atomic mass is 16.6. The van der Waals surface area contributed by atoms with Gasteiger partial charge in [0.1, 0.15) is 0 Å². The second-order valence-electron chi connectivity index (χ2n) is 6.56. The van der Waals surface area contributed by atoms with E-state index in [-0.39, 0.29) is 12.1 Å². The van der Waals surface area contributed by atoms with Gasteiger partial charge >= 0.3 is 5.97 Å². The Morgan fingerprint density at radius 2 is 1.57 bits per heavy atom. The largest absolute Gasteiger partial charge is 0.481 e. The molecule has 0 saturated carbocycles. The van der Waals surface area contributed by atoms with Gasteiger partial charge in [-0.15, -0.1) is 0 Å². The van der Waals surface area contributed by atoms with E-state index in [1.807, 2.05) is 0 Å². The number of para-hydroxylation sites is 1. The van der Waals surface area contributed by atoms with Crippen LogP contribution < -0.4 is 5.32 Å². The quantitative estimate of drug-likeness (QED) is 0.580. The molecular weight excluding hydrogens is 306 g/mol. The molecule has 0 atom stereocenters. The maximum absolute atomic E-state index is 11.3. The van der Waals surface area contributed by atoms with Gasteiger partial charge in [-0.25, -0.2) is 0 Å². The zero-order chi connectivity index (χ0) is 18.0. The van der Waals surface area contributed by atoms with Crippen molar-refractivity contribution in [1.29, 1.82) is 0 Å². The molecule has 0 aromatic heterocycles. The lowest BCUT2D eigenvalue weighted by Crippen LogP contribution is -2.40. The Labute approximate surface area is 132 Å². The molecule has 1 aromatic rings. The predicted molar refractivity (Wildman–Crippen MR) is 83.5 cm³/mol. The Hall–Kier alpha value is -2.71. The Morgan fingerprint density at radius 1 is 1.13 bits per heavy atom. The minimum absolute atomic E-state index is 0.110. The molecule has 23 heavy (non-hydrogen) atoms. The van der Waals surface area contributed by atoms with Gasteiger partial charge in [0, 0.05) is 17.7 Å². The van der Waals surface area contributed by atoms with Crippen molar-refractivity contribution >= 4 is 23.0 Å². The molecule has 0 bridgehead atoms. The number of anilines is 1. The van der Waals surface area contributed by atoms with Crippen LogP contribution in [0.5, 0.6) is 0 Å². The van der Waals surface area contributed by atoms with Gasteiger partial charge < -0.3 is 10.4 Å². The maximum Gasteiger partial charge on any atom is 0.309 e. The molecule has 9 nitrogen and oxygen atoms in total. The number of nitro groups is 2. The van der Waals surface area contributed by atoms with Crippen LogP contribution in [0.25, 0.3) is 0 Å². The second-order valence-corrected chi connectivity index (χ2v) is 6.56. The van der Waals surface area contributed by atoms with Crippen molar-refractivity contribution in [2.24, 2.45) is 5.41 Å². The predicted octanol–water partition coefficient (Wildman–Crippen LogP) is 3.19. The van der Waals surface area contributed by atoms with E-state index in [1.54, 1.807) is 13.8 Å². The molecule has 1 aromatic carbocycles. The fourth-order valence-electron chi connectivity index (χ4n) is 2.52. The third-order valence-electron chi connectivity index (χ3n) is 3.34. The van der Waals surface area contributed by atoms with Gasteiger partial charge in [0.25, 0.3) is 11.4 Å². The highest BCUT2D eigenvalue weighted by Crippen LogP contribution is 2.38. The average Bonchev–Trinajstić information content (AvgIpc) is 2.36. The molecule has 0 aliphatic carbocycles. The van der Waals surface area contributed by atoms with E-state index >= 15 is 0 Å². The molecule has 0 radical (unpaired) electrons.